The van der Waals surface area contributed by atoms with Gasteiger partial charge in [0.05, 0.1) is 27.7 Å². The van der Waals surface area contributed by atoms with Gasteiger partial charge < -0.3 is 34.1 Å². The van der Waals surface area contributed by atoms with E-state index in [2.05, 4.69) is 50.8 Å². The van der Waals surface area contributed by atoms with Gasteiger partial charge in [-0.2, -0.15) is 4.98 Å². The van der Waals surface area contributed by atoms with Crippen LogP contribution in [0.3, 0.4) is 0 Å². The molecule has 2 fully saturated rings. The van der Waals surface area contributed by atoms with E-state index in [9.17, 15) is 23.3 Å². The van der Waals surface area contributed by atoms with Crippen LogP contribution >= 0.6 is 11.6 Å². The van der Waals surface area contributed by atoms with Crippen LogP contribution < -0.4 is 34.0 Å². The molecule has 18 heteroatoms. The molecule has 350 valence electrons. The van der Waals surface area contributed by atoms with Crippen molar-refractivity contribution < 1.29 is 37.1 Å². The Morgan fingerprint density at radius 3 is 2.42 bits per heavy atom. The number of carbonyl (C=O) groups is 1. The van der Waals surface area contributed by atoms with Crippen LogP contribution in [0.2, 0.25) is 5.02 Å². The van der Waals surface area contributed by atoms with Gasteiger partial charge in [-0.3, -0.25) is 19.8 Å². The zero-order valence-electron chi connectivity index (χ0n) is 37.4. The largest absolute Gasteiger partial charge is 0.484 e. The van der Waals surface area contributed by atoms with Crippen molar-refractivity contribution in [3.63, 3.8) is 0 Å². The van der Waals surface area contributed by atoms with E-state index in [4.69, 9.17) is 30.5 Å². The minimum absolute atomic E-state index is 0.0786. The van der Waals surface area contributed by atoms with Crippen LogP contribution in [0.1, 0.15) is 68.3 Å². The summed E-state index contributed by atoms with van der Waals surface area (Å²) in [7, 11) is -4.59. The normalized spacial score (nSPS) is 19.1. The van der Waals surface area contributed by atoms with Crippen molar-refractivity contribution in [2.45, 2.75) is 57.3 Å². The quantitative estimate of drug-likeness (QED) is 0.103. The number of nitro benzene ring substituents is 1. The fourth-order valence-corrected chi connectivity index (χ4v) is 10.6. The summed E-state index contributed by atoms with van der Waals surface area (Å²) in [6.45, 7) is 11.8. The number of hydrogen-bond acceptors (Lipinski definition) is 14. The molecule has 1 amide bonds. The Labute approximate surface area is 390 Å². The van der Waals surface area contributed by atoms with Gasteiger partial charge in [0.2, 0.25) is 5.88 Å². The van der Waals surface area contributed by atoms with Crippen molar-refractivity contribution in [2.75, 3.05) is 94.0 Å². The lowest BCUT2D eigenvalue weighted by molar-refractivity contribution is -0.384. The summed E-state index contributed by atoms with van der Waals surface area (Å²) in [6, 6.07) is 19.0. The predicted octanol–water partition coefficient (Wildman–Crippen LogP) is 8.08. The second kappa shape index (κ2) is 19.3. The highest BCUT2D eigenvalue weighted by Crippen LogP contribution is 2.45. The Kier molecular flexibility index (Phi) is 13.3. The van der Waals surface area contributed by atoms with E-state index < -0.39 is 31.4 Å². The van der Waals surface area contributed by atoms with Gasteiger partial charge in [-0.1, -0.05) is 43.2 Å². The van der Waals surface area contributed by atoms with E-state index in [0.29, 0.717) is 81.4 Å². The fourth-order valence-electron chi connectivity index (χ4n) is 9.46. The molecular weight excluding hydrogens is 886 g/mol. The van der Waals surface area contributed by atoms with Crippen LogP contribution in [0.5, 0.6) is 17.5 Å². The number of carbonyl (C=O) groups excluding carboxylic acids is 1. The summed E-state index contributed by atoms with van der Waals surface area (Å²) in [6.07, 6.45) is 5.39. The smallest absolute Gasteiger partial charge is 0.293 e. The zero-order valence-corrected chi connectivity index (χ0v) is 38.9. The van der Waals surface area contributed by atoms with E-state index >= 15 is 0 Å². The SMILES string of the molecule is CC1(C)CCC(CN2CCN(c3ccc(C(=O)NS(=O)(=O)c4ccc(NCC5CCOCC5)c([N+](=O)[O-])c4)c(N4CCCOc5nc6c(cc54)OCCO6)c3)CC2)=C(c2ccc(Cl)cc2)C1. The number of fused-ring (bicyclic) bond motifs is 2. The molecule has 2 N–H and O–H groups in total. The topological polar surface area (TPSA) is 178 Å². The number of allylic oxidation sites excluding steroid dienone is 1. The van der Waals surface area contributed by atoms with Gasteiger partial charge >= 0.3 is 0 Å². The molecule has 0 unspecified atom stereocenters. The number of aromatic nitrogens is 1. The lowest BCUT2D eigenvalue weighted by atomic mass is 9.72. The number of rotatable bonds is 12. The van der Waals surface area contributed by atoms with E-state index in [0.717, 1.165) is 81.6 Å². The van der Waals surface area contributed by atoms with Gasteiger partial charge in [0, 0.05) is 81.9 Å². The van der Waals surface area contributed by atoms with Crippen molar-refractivity contribution in [1.29, 1.82) is 0 Å². The maximum Gasteiger partial charge on any atom is 0.293 e. The number of anilines is 4. The van der Waals surface area contributed by atoms with Crippen molar-refractivity contribution in [1.82, 2.24) is 14.6 Å². The molecule has 0 bridgehead atoms. The average Bonchev–Trinajstić information content (AvgIpc) is 3.53. The molecule has 0 atom stereocenters. The first-order valence-corrected chi connectivity index (χ1v) is 24.6. The minimum atomic E-state index is -4.59. The van der Waals surface area contributed by atoms with Crippen molar-refractivity contribution in [2.24, 2.45) is 11.3 Å². The third-order valence-corrected chi connectivity index (χ3v) is 14.8. The lowest BCUT2D eigenvalue weighted by Crippen LogP contribution is -2.47. The average molecular weight is 943 g/mol. The second-order valence-corrected chi connectivity index (χ2v) is 20.5. The summed E-state index contributed by atoms with van der Waals surface area (Å²) in [5, 5.41) is 16.1. The number of pyridine rings is 1. The summed E-state index contributed by atoms with van der Waals surface area (Å²) in [5.41, 5.74) is 6.03. The number of benzene rings is 3. The van der Waals surface area contributed by atoms with Crippen molar-refractivity contribution in [3.05, 3.63) is 98.6 Å². The molecule has 3 aromatic carbocycles. The first-order chi connectivity index (χ1) is 31.8. The Balaban J connectivity index is 0.989. The van der Waals surface area contributed by atoms with Gasteiger partial charge in [0.25, 0.3) is 27.5 Å². The van der Waals surface area contributed by atoms with Crippen LogP contribution in [0.4, 0.5) is 28.4 Å². The van der Waals surface area contributed by atoms with E-state index in [1.807, 2.05) is 29.2 Å². The van der Waals surface area contributed by atoms with Crippen LogP contribution in [0.25, 0.3) is 5.57 Å². The third kappa shape index (κ3) is 10.2. The molecule has 4 aromatic rings. The Morgan fingerprint density at radius 2 is 1.65 bits per heavy atom. The monoisotopic (exact) mass is 941 g/mol. The number of ether oxygens (including phenoxy) is 4. The summed E-state index contributed by atoms with van der Waals surface area (Å²) < 4.78 is 53.3. The van der Waals surface area contributed by atoms with Crippen LogP contribution in [-0.4, -0.2) is 108 Å². The van der Waals surface area contributed by atoms with E-state index in [-0.39, 0.29) is 22.6 Å². The summed E-state index contributed by atoms with van der Waals surface area (Å²) in [4.78, 5) is 36.9. The van der Waals surface area contributed by atoms with Crippen LogP contribution in [0.15, 0.2) is 77.2 Å². The molecule has 16 nitrogen and oxygen atoms in total. The van der Waals surface area contributed by atoms with Crippen molar-refractivity contribution >= 4 is 61.5 Å². The molecular formula is C48H56ClN7O9S. The predicted molar refractivity (Wildman–Crippen MR) is 253 cm³/mol. The molecule has 0 radical (unpaired) electrons. The number of nitrogens with zero attached hydrogens (tertiary/aromatic N) is 5. The zero-order chi connectivity index (χ0) is 46.0. The number of sulfonamides is 1. The third-order valence-electron chi connectivity index (χ3n) is 13.2. The maximum absolute atomic E-state index is 14.4. The first-order valence-electron chi connectivity index (χ1n) is 22.8. The highest BCUT2D eigenvalue weighted by atomic mass is 35.5. The van der Waals surface area contributed by atoms with Gasteiger partial charge in [-0.05, 0) is 103 Å². The summed E-state index contributed by atoms with van der Waals surface area (Å²) >= 11 is 6.27. The maximum atomic E-state index is 14.4. The number of nitro groups is 1. The van der Waals surface area contributed by atoms with E-state index in [1.165, 1.54) is 28.8 Å². The van der Waals surface area contributed by atoms with Gasteiger partial charge in [0.1, 0.15) is 24.6 Å². The van der Waals surface area contributed by atoms with E-state index in [1.54, 1.807) is 12.1 Å². The molecule has 5 heterocycles. The Morgan fingerprint density at radius 1 is 0.894 bits per heavy atom. The lowest BCUT2D eigenvalue weighted by Gasteiger charge is -2.39. The molecule has 1 aromatic heterocycles. The second-order valence-electron chi connectivity index (χ2n) is 18.4. The number of nitrogens with one attached hydrogen (secondary N) is 2. The Bertz CT molecular complexity index is 2610. The van der Waals surface area contributed by atoms with Gasteiger partial charge in [-0.15, -0.1) is 0 Å². The molecule has 66 heavy (non-hydrogen) atoms. The van der Waals surface area contributed by atoms with Crippen LogP contribution in [-0.2, 0) is 14.8 Å². The standard InChI is InChI=1S/C48H56ClN7O9S/c1-48(2)15-12-34(39(29-48)33-4-6-35(49)7-5-33)31-53-17-19-54(20-18-53)36-8-10-38(41(26-36)55-16-3-21-64-46-43(55)28-44-47(51-46)65-25-24-63-44)45(57)52-66(60,61)37-9-11-40(42(27-37)56(58)59)50-30-32-13-22-62-23-14-32/h4-11,26-28,32,50H,3,12-25,29-31H2,1-2H3,(H,52,57). The first kappa shape index (κ1) is 45.5. The molecule has 4 aliphatic heterocycles. The highest BCUT2D eigenvalue weighted by Gasteiger charge is 2.33. The Hall–Kier alpha value is -5.62. The van der Waals surface area contributed by atoms with Crippen molar-refractivity contribution in [3.8, 4) is 17.5 Å². The van der Waals surface area contributed by atoms with Gasteiger partial charge in [0.15, 0.2) is 5.75 Å². The number of amides is 1. The fraction of sp³-hybridized carbons (Fsp3) is 0.458. The molecule has 1 aliphatic carbocycles. The molecule has 9 rings (SSSR count). The molecule has 2 saturated heterocycles. The number of halogens is 1. The number of hydrogen-bond donors (Lipinski definition) is 2. The molecule has 5 aliphatic rings. The molecule has 0 spiro atoms. The summed E-state index contributed by atoms with van der Waals surface area (Å²) in [5.74, 6) is 0.404. The minimum Gasteiger partial charge on any atom is -0.484 e. The highest BCUT2D eigenvalue weighted by molar-refractivity contribution is 7.90. The number of piperazine rings is 1. The van der Waals surface area contributed by atoms with Crippen LogP contribution in [0, 0.1) is 21.4 Å². The van der Waals surface area contributed by atoms with Gasteiger partial charge in [-0.25, -0.2) is 13.1 Å². The molecule has 0 saturated carbocycles.